The zero-order valence-corrected chi connectivity index (χ0v) is 7.53. The first-order valence-corrected chi connectivity index (χ1v) is 4.78. The maximum absolute atomic E-state index is 5.46. The van der Waals surface area contributed by atoms with E-state index in [1.807, 2.05) is 0 Å². The molecule has 66 valence electrons. The molecule has 2 heteroatoms. The standard InChI is InChI=1S/C9H20N2/c1-2-9(11-8-7-10)5-3-4-6-9/h11H,2-8,10H2,1H3. The fourth-order valence-electron chi connectivity index (χ4n) is 2.04. The van der Waals surface area contributed by atoms with Crippen LogP contribution in [0.2, 0.25) is 0 Å². The first-order chi connectivity index (χ1) is 5.33. The average molecular weight is 156 g/mol. The van der Waals surface area contributed by atoms with E-state index < -0.39 is 0 Å². The summed E-state index contributed by atoms with van der Waals surface area (Å²) in [6, 6.07) is 0. The van der Waals surface area contributed by atoms with Crippen molar-refractivity contribution >= 4 is 0 Å². The Morgan fingerprint density at radius 2 is 2.00 bits per heavy atom. The Hall–Kier alpha value is -0.0800. The SMILES string of the molecule is CCC1(NCCN)CCCC1. The lowest BCUT2D eigenvalue weighted by atomic mass is 9.94. The van der Waals surface area contributed by atoms with Gasteiger partial charge in [-0.2, -0.15) is 0 Å². The van der Waals surface area contributed by atoms with Gasteiger partial charge in [0, 0.05) is 18.6 Å². The van der Waals surface area contributed by atoms with Crippen LogP contribution in [0.4, 0.5) is 0 Å². The molecular weight excluding hydrogens is 136 g/mol. The van der Waals surface area contributed by atoms with Crippen LogP contribution in [-0.2, 0) is 0 Å². The van der Waals surface area contributed by atoms with Gasteiger partial charge in [-0.25, -0.2) is 0 Å². The van der Waals surface area contributed by atoms with Crippen LogP contribution in [-0.4, -0.2) is 18.6 Å². The molecule has 1 saturated carbocycles. The van der Waals surface area contributed by atoms with E-state index in [2.05, 4.69) is 12.2 Å². The van der Waals surface area contributed by atoms with Gasteiger partial charge in [-0.15, -0.1) is 0 Å². The normalized spacial score (nSPS) is 22.4. The van der Waals surface area contributed by atoms with E-state index in [9.17, 15) is 0 Å². The molecule has 0 aromatic rings. The van der Waals surface area contributed by atoms with Gasteiger partial charge in [0.15, 0.2) is 0 Å². The Labute approximate surface area is 69.5 Å². The summed E-state index contributed by atoms with van der Waals surface area (Å²) in [7, 11) is 0. The molecule has 0 radical (unpaired) electrons. The predicted octanol–water partition coefficient (Wildman–Crippen LogP) is 1.26. The zero-order chi connectivity index (χ0) is 8.16. The van der Waals surface area contributed by atoms with Crippen LogP contribution < -0.4 is 11.1 Å². The Morgan fingerprint density at radius 3 is 2.45 bits per heavy atom. The maximum Gasteiger partial charge on any atom is 0.0179 e. The predicted molar refractivity (Wildman–Crippen MR) is 48.5 cm³/mol. The Bertz CT molecular complexity index is 106. The highest BCUT2D eigenvalue weighted by atomic mass is 15.0. The van der Waals surface area contributed by atoms with Crippen molar-refractivity contribution in [3.8, 4) is 0 Å². The van der Waals surface area contributed by atoms with E-state index in [1.165, 1.54) is 32.1 Å². The second-order valence-electron chi connectivity index (χ2n) is 3.56. The minimum Gasteiger partial charge on any atom is -0.329 e. The lowest BCUT2D eigenvalue weighted by molar-refractivity contribution is 0.325. The number of nitrogens with one attached hydrogen (secondary N) is 1. The van der Waals surface area contributed by atoms with Gasteiger partial charge in [0.1, 0.15) is 0 Å². The van der Waals surface area contributed by atoms with E-state index in [0.29, 0.717) is 5.54 Å². The lowest BCUT2D eigenvalue weighted by Gasteiger charge is -2.28. The molecule has 0 atom stereocenters. The minimum atomic E-state index is 0.458. The van der Waals surface area contributed by atoms with Gasteiger partial charge in [-0.1, -0.05) is 19.8 Å². The number of hydrogen-bond donors (Lipinski definition) is 2. The molecule has 2 nitrogen and oxygen atoms in total. The fraction of sp³-hybridized carbons (Fsp3) is 1.00. The minimum absolute atomic E-state index is 0.458. The van der Waals surface area contributed by atoms with E-state index in [-0.39, 0.29) is 0 Å². The van der Waals surface area contributed by atoms with E-state index in [4.69, 9.17) is 5.73 Å². The van der Waals surface area contributed by atoms with Gasteiger partial charge < -0.3 is 11.1 Å². The number of rotatable bonds is 4. The topological polar surface area (TPSA) is 38.0 Å². The summed E-state index contributed by atoms with van der Waals surface area (Å²) in [5.74, 6) is 0. The summed E-state index contributed by atoms with van der Waals surface area (Å²) in [5, 5.41) is 3.57. The molecule has 0 aromatic carbocycles. The van der Waals surface area contributed by atoms with Crippen LogP contribution in [0.15, 0.2) is 0 Å². The molecule has 11 heavy (non-hydrogen) atoms. The summed E-state index contributed by atoms with van der Waals surface area (Å²) >= 11 is 0. The van der Waals surface area contributed by atoms with Crippen molar-refractivity contribution in [2.75, 3.05) is 13.1 Å². The van der Waals surface area contributed by atoms with Crippen molar-refractivity contribution in [2.24, 2.45) is 5.73 Å². The molecule has 0 unspecified atom stereocenters. The van der Waals surface area contributed by atoms with Gasteiger partial charge in [0.05, 0.1) is 0 Å². The van der Waals surface area contributed by atoms with E-state index in [0.717, 1.165) is 13.1 Å². The highest BCUT2D eigenvalue weighted by molar-refractivity contribution is 4.91. The van der Waals surface area contributed by atoms with Crippen molar-refractivity contribution in [1.29, 1.82) is 0 Å². The van der Waals surface area contributed by atoms with Crippen molar-refractivity contribution in [2.45, 2.75) is 44.6 Å². The molecule has 0 spiro atoms. The molecule has 3 N–H and O–H groups in total. The maximum atomic E-state index is 5.46. The third-order valence-electron chi connectivity index (χ3n) is 2.88. The third kappa shape index (κ3) is 2.17. The van der Waals surface area contributed by atoms with Crippen LogP contribution in [0.3, 0.4) is 0 Å². The molecule has 1 rings (SSSR count). The molecular formula is C9H20N2. The van der Waals surface area contributed by atoms with Gasteiger partial charge in [0.2, 0.25) is 0 Å². The monoisotopic (exact) mass is 156 g/mol. The second-order valence-corrected chi connectivity index (χ2v) is 3.56. The third-order valence-corrected chi connectivity index (χ3v) is 2.88. The first kappa shape index (κ1) is 9.01. The molecule has 1 fully saturated rings. The average Bonchev–Trinajstić information content (AvgIpc) is 2.50. The Balaban J connectivity index is 2.33. The molecule has 0 amide bonds. The molecule has 0 bridgehead atoms. The highest BCUT2D eigenvalue weighted by Crippen LogP contribution is 2.31. The molecule has 1 aliphatic carbocycles. The van der Waals surface area contributed by atoms with Gasteiger partial charge in [-0.05, 0) is 19.3 Å². The van der Waals surface area contributed by atoms with Crippen molar-refractivity contribution in [1.82, 2.24) is 5.32 Å². The number of hydrogen-bond acceptors (Lipinski definition) is 2. The van der Waals surface area contributed by atoms with Crippen LogP contribution >= 0.6 is 0 Å². The van der Waals surface area contributed by atoms with Gasteiger partial charge >= 0.3 is 0 Å². The largest absolute Gasteiger partial charge is 0.329 e. The molecule has 0 aromatic heterocycles. The van der Waals surface area contributed by atoms with E-state index in [1.54, 1.807) is 0 Å². The number of nitrogens with two attached hydrogens (primary N) is 1. The quantitative estimate of drug-likeness (QED) is 0.643. The van der Waals surface area contributed by atoms with Crippen molar-refractivity contribution < 1.29 is 0 Å². The van der Waals surface area contributed by atoms with Gasteiger partial charge in [0.25, 0.3) is 0 Å². The first-order valence-electron chi connectivity index (χ1n) is 4.78. The van der Waals surface area contributed by atoms with Crippen LogP contribution in [0.1, 0.15) is 39.0 Å². The molecule has 0 heterocycles. The summed E-state index contributed by atoms with van der Waals surface area (Å²) in [5.41, 5.74) is 5.92. The zero-order valence-electron chi connectivity index (χ0n) is 7.53. The highest BCUT2D eigenvalue weighted by Gasteiger charge is 2.30. The Kier molecular flexibility index (Phi) is 3.34. The van der Waals surface area contributed by atoms with Gasteiger partial charge in [-0.3, -0.25) is 0 Å². The van der Waals surface area contributed by atoms with Crippen molar-refractivity contribution in [3.63, 3.8) is 0 Å². The van der Waals surface area contributed by atoms with Crippen LogP contribution in [0.25, 0.3) is 0 Å². The fourth-order valence-corrected chi connectivity index (χ4v) is 2.04. The van der Waals surface area contributed by atoms with Crippen molar-refractivity contribution in [3.05, 3.63) is 0 Å². The second kappa shape index (κ2) is 4.07. The van der Waals surface area contributed by atoms with Crippen LogP contribution in [0, 0.1) is 0 Å². The molecule has 0 aliphatic heterocycles. The molecule has 1 aliphatic rings. The van der Waals surface area contributed by atoms with Crippen LogP contribution in [0.5, 0.6) is 0 Å². The summed E-state index contributed by atoms with van der Waals surface area (Å²) < 4.78 is 0. The summed E-state index contributed by atoms with van der Waals surface area (Å²) in [4.78, 5) is 0. The summed E-state index contributed by atoms with van der Waals surface area (Å²) in [6.45, 7) is 4.02. The summed E-state index contributed by atoms with van der Waals surface area (Å²) in [6.07, 6.45) is 6.75. The van der Waals surface area contributed by atoms with E-state index >= 15 is 0 Å². The lowest BCUT2D eigenvalue weighted by Crippen LogP contribution is -2.44. The smallest absolute Gasteiger partial charge is 0.0179 e. The Morgan fingerprint density at radius 1 is 1.36 bits per heavy atom. The molecule has 0 saturated heterocycles.